The number of benzene rings is 1. The molecule has 0 aromatic heterocycles. The van der Waals surface area contributed by atoms with Crippen molar-refractivity contribution in [3.8, 4) is 0 Å². The van der Waals surface area contributed by atoms with Gasteiger partial charge in [-0.2, -0.15) is 0 Å². The number of urea groups is 1. The van der Waals surface area contributed by atoms with Crippen LogP contribution in [0.15, 0.2) is 24.3 Å². The maximum atomic E-state index is 12.3. The van der Waals surface area contributed by atoms with Crippen molar-refractivity contribution in [1.82, 2.24) is 10.2 Å². The zero-order valence-electron chi connectivity index (χ0n) is 14.1. The van der Waals surface area contributed by atoms with Gasteiger partial charge in [-0.3, -0.25) is 4.21 Å². The van der Waals surface area contributed by atoms with E-state index >= 15 is 0 Å². The SMILES string of the molecule is CCc1ccc([C@@H]2CN(C(=O)N[C@@H](C)C[S@](C)=O)CCO2)cc1. The Morgan fingerprint density at radius 3 is 2.74 bits per heavy atom. The molecular formula is C17H26N2O3S. The molecule has 1 aliphatic heterocycles. The molecule has 2 amide bonds. The van der Waals surface area contributed by atoms with E-state index in [0.29, 0.717) is 25.4 Å². The third-order valence-corrected chi connectivity index (χ3v) is 4.94. The lowest BCUT2D eigenvalue weighted by molar-refractivity contribution is -0.0156. The molecule has 128 valence electrons. The van der Waals surface area contributed by atoms with Crippen molar-refractivity contribution in [2.45, 2.75) is 32.4 Å². The smallest absolute Gasteiger partial charge is 0.317 e. The van der Waals surface area contributed by atoms with E-state index in [1.54, 1.807) is 11.2 Å². The molecule has 0 spiro atoms. The first-order valence-electron chi connectivity index (χ1n) is 8.05. The molecule has 1 heterocycles. The van der Waals surface area contributed by atoms with E-state index in [1.807, 2.05) is 6.92 Å². The lowest BCUT2D eigenvalue weighted by Gasteiger charge is -2.34. The molecule has 6 heteroatoms. The Morgan fingerprint density at radius 1 is 1.43 bits per heavy atom. The number of nitrogens with zero attached hydrogens (tertiary/aromatic N) is 1. The predicted molar refractivity (Wildman–Crippen MR) is 93.0 cm³/mol. The molecule has 1 aromatic rings. The topological polar surface area (TPSA) is 58.6 Å². The molecule has 1 saturated heterocycles. The van der Waals surface area contributed by atoms with E-state index < -0.39 is 10.8 Å². The van der Waals surface area contributed by atoms with E-state index in [2.05, 4.69) is 36.5 Å². The van der Waals surface area contributed by atoms with Crippen LogP contribution in [0.4, 0.5) is 4.79 Å². The Balaban J connectivity index is 1.94. The van der Waals surface area contributed by atoms with E-state index in [0.717, 1.165) is 12.0 Å². The highest BCUT2D eigenvalue weighted by Crippen LogP contribution is 2.22. The maximum Gasteiger partial charge on any atom is 0.317 e. The van der Waals surface area contributed by atoms with Gasteiger partial charge in [0, 0.05) is 35.4 Å². The van der Waals surface area contributed by atoms with Crippen LogP contribution in [0.1, 0.15) is 31.1 Å². The molecule has 23 heavy (non-hydrogen) atoms. The fourth-order valence-electron chi connectivity index (χ4n) is 2.70. The molecule has 1 fully saturated rings. The molecule has 0 saturated carbocycles. The summed E-state index contributed by atoms with van der Waals surface area (Å²) < 4.78 is 17.0. The van der Waals surface area contributed by atoms with Crippen molar-refractivity contribution in [1.29, 1.82) is 0 Å². The van der Waals surface area contributed by atoms with Gasteiger partial charge in [-0.1, -0.05) is 31.2 Å². The van der Waals surface area contributed by atoms with E-state index in [4.69, 9.17) is 4.74 Å². The van der Waals surface area contributed by atoms with Gasteiger partial charge in [0.15, 0.2) is 0 Å². The van der Waals surface area contributed by atoms with Crippen LogP contribution in [-0.4, -0.2) is 52.9 Å². The third kappa shape index (κ3) is 5.32. The van der Waals surface area contributed by atoms with Gasteiger partial charge in [0.25, 0.3) is 0 Å². The van der Waals surface area contributed by atoms with Crippen LogP contribution in [0.2, 0.25) is 0 Å². The van der Waals surface area contributed by atoms with E-state index in [9.17, 15) is 9.00 Å². The fraction of sp³-hybridized carbons (Fsp3) is 0.588. The van der Waals surface area contributed by atoms with E-state index in [1.165, 1.54) is 5.56 Å². The maximum absolute atomic E-state index is 12.3. The summed E-state index contributed by atoms with van der Waals surface area (Å²) in [4.78, 5) is 14.1. The van der Waals surface area contributed by atoms with Gasteiger partial charge in [0.1, 0.15) is 6.10 Å². The second kappa shape index (κ2) is 8.45. The molecule has 1 aromatic carbocycles. The van der Waals surface area contributed by atoms with Gasteiger partial charge in [-0.15, -0.1) is 0 Å². The van der Waals surface area contributed by atoms with Crippen LogP contribution in [0.5, 0.6) is 0 Å². The molecule has 1 aliphatic rings. The number of carbonyl (C=O) groups is 1. The Hall–Kier alpha value is -1.40. The molecule has 1 N–H and O–H groups in total. The van der Waals surface area contributed by atoms with Crippen LogP contribution in [0, 0.1) is 0 Å². The number of ether oxygens (including phenoxy) is 1. The standard InChI is InChI=1S/C17H26N2O3S/c1-4-14-5-7-15(8-6-14)16-11-19(9-10-22-16)17(20)18-13(2)12-23(3)21/h5-8,13,16H,4,9-12H2,1-3H3,(H,18,20)/t13-,16-,23-/m0/s1. The minimum atomic E-state index is -0.915. The van der Waals surface area contributed by atoms with Crippen LogP contribution in [0.25, 0.3) is 0 Å². The largest absolute Gasteiger partial charge is 0.370 e. The highest BCUT2D eigenvalue weighted by molar-refractivity contribution is 7.84. The number of rotatable bonds is 5. The first-order valence-corrected chi connectivity index (χ1v) is 9.78. The van der Waals surface area contributed by atoms with Crippen molar-refractivity contribution < 1.29 is 13.7 Å². The number of hydrogen-bond acceptors (Lipinski definition) is 3. The molecule has 3 atom stereocenters. The molecule has 0 aliphatic carbocycles. The highest BCUT2D eigenvalue weighted by Gasteiger charge is 2.26. The van der Waals surface area contributed by atoms with Crippen molar-refractivity contribution in [3.05, 3.63) is 35.4 Å². The second-order valence-electron chi connectivity index (χ2n) is 5.99. The summed E-state index contributed by atoms with van der Waals surface area (Å²) in [5.74, 6) is 0.470. The summed E-state index contributed by atoms with van der Waals surface area (Å²) >= 11 is 0. The lowest BCUT2D eigenvalue weighted by Crippen LogP contribution is -2.50. The van der Waals surface area contributed by atoms with Gasteiger partial charge in [-0.05, 0) is 24.5 Å². The summed E-state index contributed by atoms with van der Waals surface area (Å²) in [5.41, 5.74) is 2.39. The average molecular weight is 338 g/mol. The van der Waals surface area contributed by atoms with Gasteiger partial charge < -0.3 is 15.0 Å². The van der Waals surface area contributed by atoms with Gasteiger partial charge >= 0.3 is 6.03 Å². The minimum absolute atomic E-state index is 0.0870. The zero-order chi connectivity index (χ0) is 16.8. The van der Waals surface area contributed by atoms with Crippen LogP contribution < -0.4 is 5.32 Å². The van der Waals surface area contributed by atoms with E-state index in [-0.39, 0.29) is 18.2 Å². The number of nitrogens with one attached hydrogen (secondary N) is 1. The zero-order valence-corrected chi connectivity index (χ0v) is 14.9. The van der Waals surface area contributed by atoms with Crippen molar-refractivity contribution in [2.75, 3.05) is 31.7 Å². The third-order valence-electron chi connectivity index (χ3n) is 3.97. The second-order valence-corrected chi connectivity index (χ2v) is 7.47. The summed E-state index contributed by atoms with van der Waals surface area (Å²) in [6.45, 7) is 5.65. The molecule has 2 rings (SSSR count). The number of carbonyl (C=O) groups excluding carboxylic acids is 1. The summed E-state index contributed by atoms with van der Waals surface area (Å²) in [6.07, 6.45) is 2.57. The van der Waals surface area contributed by atoms with Gasteiger partial charge in [-0.25, -0.2) is 4.79 Å². The Labute approximate surface area is 140 Å². The number of morpholine rings is 1. The van der Waals surface area contributed by atoms with Crippen molar-refractivity contribution >= 4 is 16.8 Å². The van der Waals surface area contributed by atoms with Crippen LogP contribution >= 0.6 is 0 Å². The first-order chi connectivity index (χ1) is 11.0. The number of aryl methyl sites for hydroxylation is 1. The predicted octanol–water partition coefficient (Wildman–Crippen LogP) is 2.10. The van der Waals surface area contributed by atoms with Crippen molar-refractivity contribution in [3.63, 3.8) is 0 Å². The van der Waals surface area contributed by atoms with Crippen molar-refractivity contribution in [2.24, 2.45) is 0 Å². The van der Waals surface area contributed by atoms with Crippen LogP contribution in [0.3, 0.4) is 0 Å². The monoisotopic (exact) mass is 338 g/mol. The first kappa shape index (κ1) is 17.9. The molecule has 0 radical (unpaired) electrons. The lowest BCUT2D eigenvalue weighted by atomic mass is 10.0. The molecule has 0 bridgehead atoms. The Kier molecular flexibility index (Phi) is 6.59. The minimum Gasteiger partial charge on any atom is -0.370 e. The summed E-state index contributed by atoms with van der Waals surface area (Å²) in [7, 11) is -0.915. The molecular weight excluding hydrogens is 312 g/mol. The van der Waals surface area contributed by atoms with Crippen LogP contribution in [-0.2, 0) is 22.0 Å². The Bertz CT molecular complexity index is 547. The normalized spacial score (nSPS) is 20.8. The number of hydrogen-bond donors (Lipinski definition) is 1. The fourth-order valence-corrected chi connectivity index (χ4v) is 3.49. The summed E-state index contributed by atoms with van der Waals surface area (Å²) in [5, 5.41) is 2.91. The van der Waals surface area contributed by atoms with Gasteiger partial charge in [0.05, 0.1) is 13.2 Å². The molecule has 5 nitrogen and oxygen atoms in total. The highest BCUT2D eigenvalue weighted by atomic mass is 32.2. The molecule has 0 unspecified atom stereocenters. The number of amides is 2. The average Bonchev–Trinajstić information content (AvgIpc) is 2.54. The van der Waals surface area contributed by atoms with Gasteiger partial charge in [0.2, 0.25) is 0 Å². The Morgan fingerprint density at radius 2 is 2.13 bits per heavy atom. The summed E-state index contributed by atoms with van der Waals surface area (Å²) in [6, 6.07) is 8.16. The quantitative estimate of drug-likeness (QED) is 0.894.